The molecule has 8 heteroatoms. The number of anilines is 2. The van der Waals surface area contributed by atoms with Crippen molar-refractivity contribution in [3.63, 3.8) is 0 Å². The Morgan fingerprint density at radius 3 is 2.69 bits per heavy atom. The molecule has 0 saturated carbocycles. The third kappa shape index (κ3) is 6.49. The Morgan fingerprint density at radius 2 is 2.03 bits per heavy atom. The van der Waals surface area contributed by atoms with Gasteiger partial charge in [0.2, 0.25) is 0 Å². The molecule has 1 fully saturated rings. The minimum absolute atomic E-state index is 0. The number of ether oxygens (including phenoxy) is 1. The van der Waals surface area contributed by atoms with Crippen molar-refractivity contribution in [3.8, 4) is 5.75 Å². The van der Waals surface area contributed by atoms with Crippen molar-refractivity contribution in [1.29, 1.82) is 0 Å². The summed E-state index contributed by atoms with van der Waals surface area (Å²) in [7, 11) is 0. The highest BCUT2D eigenvalue weighted by Crippen LogP contribution is 2.25. The number of carbonyl (C=O) groups is 1. The Kier molecular flexibility index (Phi) is 10.2. The maximum atomic E-state index is 13.1. The van der Waals surface area contributed by atoms with Gasteiger partial charge in [-0.15, -0.1) is 24.8 Å². The number of hydrogen-bond acceptors (Lipinski definition) is 5. The van der Waals surface area contributed by atoms with Crippen molar-refractivity contribution >= 4 is 42.2 Å². The van der Waals surface area contributed by atoms with Gasteiger partial charge in [-0.25, -0.2) is 4.98 Å². The van der Waals surface area contributed by atoms with Gasteiger partial charge in [-0.05, 0) is 69.0 Å². The number of halogens is 2. The number of rotatable bonds is 6. The fourth-order valence-corrected chi connectivity index (χ4v) is 3.41. The molecule has 2 atom stereocenters. The van der Waals surface area contributed by atoms with E-state index in [0.717, 1.165) is 30.8 Å². The van der Waals surface area contributed by atoms with Gasteiger partial charge in [0.1, 0.15) is 11.6 Å². The molecule has 0 bridgehead atoms. The van der Waals surface area contributed by atoms with E-state index in [1.54, 1.807) is 12.3 Å². The zero-order valence-corrected chi connectivity index (χ0v) is 18.5. The van der Waals surface area contributed by atoms with Gasteiger partial charge in [0.25, 0.3) is 5.91 Å². The van der Waals surface area contributed by atoms with Crippen molar-refractivity contribution in [1.82, 2.24) is 9.88 Å². The molecule has 0 spiro atoms. The van der Waals surface area contributed by atoms with Crippen molar-refractivity contribution < 1.29 is 9.53 Å². The number of nitrogens with two attached hydrogens (primary N) is 1. The van der Waals surface area contributed by atoms with E-state index in [9.17, 15) is 4.79 Å². The maximum absolute atomic E-state index is 13.1. The largest absolute Gasteiger partial charge is 0.494 e. The average Bonchev–Trinajstić information content (AvgIpc) is 2.70. The molecule has 1 aliphatic rings. The molecule has 3 rings (SSSR count). The van der Waals surface area contributed by atoms with E-state index in [4.69, 9.17) is 10.5 Å². The first kappa shape index (κ1) is 25.0. The second-order valence-corrected chi connectivity index (χ2v) is 6.99. The molecule has 1 saturated heterocycles. The number of nitrogens with zero attached hydrogens (tertiary/aromatic N) is 2. The van der Waals surface area contributed by atoms with Gasteiger partial charge >= 0.3 is 0 Å². The zero-order valence-electron chi connectivity index (χ0n) is 16.8. The van der Waals surface area contributed by atoms with E-state index in [1.165, 1.54) is 0 Å². The molecule has 0 radical (unpaired) electrons. The summed E-state index contributed by atoms with van der Waals surface area (Å²) in [6, 6.07) is 11.3. The quantitative estimate of drug-likeness (QED) is 0.700. The topological polar surface area (TPSA) is 80.5 Å². The highest BCUT2D eigenvalue weighted by atomic mass is 35.5. The van der Waals surface area contributed by atoms with Gasteiger partial charge in [-0.2, -0.15) is 0 Å². The smallest absolute Gasteiger partial charge is 0.257 e. The molecule has 2 unspecified atom stereocenters. The molecule has 0 aliphatic carbocycles. The van der Waals surface area contributed by atoms with Crippen LogP contribution in [-0.4, -0.2) is 41.5 Å². The lowest BCUT2D eigenvalue weighted by molar-refractivity contribution is 0.0661. The zero-order chi connectivity index (χ0) is 19.2. The normalized spacial score (nSPS) is 16.8. The Labute approximate surface area is 185 Å². The minimum atomic E-state index is 0. The van der Waals surface area contributed by atoms with Crippen LogP contribution in [0.15, 0.2) is 42.6 Å². The number of carbonyl (C=O) groups excluding carboxylic acids is 1. The van der Waals surface area contributed by atoms with Crippen molar-refractivity contribution in [2.45, 2.75) is 32.7 Å². The van der Waals surface area contributed by atoms with Crippen LogP contribution in [0.3, 0.4) is 0 Å². The standard InChI is InChI=1S/C21H28N4O2.2ClH/c1-3-27-18-10-8-17(9-11-18)24-20-19(7-4-12-23-20)21(26)25-13-5-6-16(14-25)15(2)22;;/h4,7-12,15-16H,3,5-6,13-14,22H2,1-2H3,(H,23,24);2*1H. The van der Waals surface area contributed by atoms with Crippen LogP contribution >= 0.6 is 24.8 Å². The molecule has 2 aromatic rings. The summed E-state index contributed by atoms with van der Waals surface area (Å²) in [6.45, 7) is 6.06. The van der Waals surface area contributed by atoms with E-state index < -0.39 is 0 Å². The van der Waals surface area contributed by atoms with Crippen LogP contribution in [0.5, 0.6) is 5.75 Å². The first-order valence-corrected chi connectivity index (χ1v) is 9.58. The molecule has 6 nitrogen and oxygen atoms in total. The predicted molar refractivity (Wildman–Crippen MR) is 122 cm³/mol. The fourth-order valence-electron chi connectivity index (χ4n) is 3.41. The van der Waals surface area contributed by atoms with E-state index in [2.05, 4.69) is 10.3 Å². The van der Waals surface area contributed by atoms with Crippen LogP contribution < -0.4 is 15.8 Å². The van der Waals surface area contributed by atoms with Gasteiger partial charge in [-0.3, -0.25) is 4.79 Å². The summed E-state index contributed by atoms with van der Waals surface area (Å²) < 4.78 is 5.47. The third-order valence-corrected chi connectivity index (χ3v) is 4.95. The fraction of sp³-hybridized carbons (Fsp3) is 0.429. The highest BCUT2D eigenvalue weighted by molar-refractivity contribution is 5.99. The number of likely N-dealkylation sites (tertiary alicyclic amines) is 1. The lowest BCUT2D eigenvalue weighted by Crippen LogP contribution is -2.45. The SMILES string of the molecule is CCOc1ccc(Nc2ncccc2C(=O)N2CCCC(C(C)N)C2)cc1.Cl.Cl. The van der Waals surface area contributed by atoms with Gasteiger partial charge in [-0.1, -0.05) is 0 Å². The number of aromatic nitrogens is 1. The second-order valence-electron chi connectivity index (χ2n) is 6.99. The Hall–Kier alpha value is -2.02. The molecule has 1 aliphatic heterocycles. The molecule has 160 valence electrons. The molecule has 29 heavy (non-hydrogen) atoms. The molecule has 3 N–H and O–H groups in total. The Balaban J connectivity index is 0.00000210. The lowest BCUT2D eigenvalue weighted by Gasteiger charge is -2.34. The molecule has 1 aromatic carbocycles. The number of amides is 1. The van der Waals surface area contributed by atoms with Gasteiger partial charge in [0.15, 0.2) is 0 Å². The molecule has 1 amide bonds. The van der Waals surface area contributed by atoms with Crippen LogP contribution in [0, 0.1) is 5.92 Å². The summed E-state index contributed by atoms with van der Waals surface area (Å²) >= 11 is 0. The number of hydrogen-bond donors (Lipinski definition) is 2. The first-order chi connectivity index (χ1) is 13.1. The molecular weight excluding hydrogens is 411 g/mol. The van der Waals surface area contributed by atoms with Gasteiger partial charge in [0.05, 0.1) is 12.2 Å². The first-order valence-electron chi connectivity index (χ1n) is 9.58. The van der Waals surface area contributed by atoms with E-state index in [-0.39, 0.29) is 36.8 Å². The Morgan fingerprint density at radius 1 is 1.31 bits per heavy atom. The van der Waals surface area contributed by atoms with Crippen molar-refractivity contribution in [2.24, 2.45) is 11.7 Å². The number of piperidine rings is 1. The Bertz CT molecular complexity index is 772. The maximum Gasteiger partial charge on any atom is 0.257 e. The molecule has 1 aromatic heterocycles. The van der Waals surface area contributed by atoms with E-state index >= 15 is 0 Å². The number of pyridine rings is 1. The van der Waals surface area contributed by atoms with Crippen LogP contribution in [0.25, 0.3) is 0 Å². The van der Waals surface area contributed by atoms with Crippen molar-refractivity contribution in [3.05, 3.63) is 48.2 Å². The van der Waals surface area contributed by atoms with Crippen LogP contribution in [0.2, 0.25) is 0 Å². The highest BCUT2D eigenvalue weighted by Gasteiger charge is 2.27. The summed E-state index contributed by atoms with van der Waals surface area (Å²) in [5.74, 6) is 1.73. The van der Waals surface area contributed by atoms with Crippen LogP contribution in [0.4, 0.5) is 11.5 Å². The molecule has 2 heterocycles. The van der Waals surface area contributed by atoms with Gasteiger partial charge < -0.3 is 20.7 Å². The monoisotopic (exact) mass is 440 g/mol. The summed E-state index contributed by atoms with van der Waals surface area (Å²) in [5, 5.41) is 3.26. The minimum Gasteiger partial charge on any atom is -0.494 e. The summed E-state index contributed by atoms with van der Waals surface area (Å²) in [4.78, 5) is 19.4. The second kappa shape index (κ2) is 11.9. The van der Waals surface area contributed by atoms with Gasteiger partial charge in [0, 0.05) is 31.0 Å². The van der Waals surface area contributed by atoms with E-state index in [0.29, 0.717) is 30.5 Å². The third-order valence-electron chi connectivity index (χ3n) is 4.95. The summed E-state index contributed by atoms with van der Waals surface area (Å²) in [6.07, 6.45) is 3.75. The number of nitrogens with one attached hydrogen (secondary N) is 1. The van der Waals surface area contributed by atoms with E-state index in [1.807, 2.05) is 49.1 Å². The average molecular weight is 441 g/mol. The van der Waals surface area contributed by atoms with Crippen LogP contribution in [-0.2, 0) is 0 Å². The van der Waals surface area contributed by atoms with Crippen LogP contribution in [0.1, 0.15) is 37.0 Å². The summed E-state index contributed by atoms with van der Waals surface area (Å²) in [5.41, 5.74) is 7.50. The number of benzene rings is 1. The predicted octanol–water partition coefficient (Wildman–Crippen LogP) is 4.27. The lowest BCUT2D eigenvalue weighted by atomic mass is 9.92. The molecular formula is C21H30Cl2N4O2. The van der Waals surface area contributed by atoms with Crippen molar-refractivity contribution in [2.75, 3.05) is 25.0 Å².